The van der Waals surface area contributed by atoms with Crippen molar-refractivity contribution >= 4 is 40.2 Å². The normalized spacial score (nSPS) is 11.1. The van der Waals surface area contributed by atoms with Crippen molar-refractivity contribution in [3.05, 3.63) is 95.8 Å². The number of aromatic nitrogens is 1. The Kier molecular flexibility index (Phi) is 7.90. The smallest absolute Gasteiger partial charge is 0.303 e. The summed E-state index contributed by atoms with van der Waals surface area (Å²) in [5.41, 5.74) is 5.98. The van der Waals surface area contributed by atoms with Crippen molar-refractivity contribution in [3.63, 3.8) is 0 Å². The number of aliphatic carboxylic acids is 1. The van der Waals surface area contributed by atoms with Gasteiger partial charge in [0.05, 0.1) is 0 Å². The molecule has 0 aliphatic rings. The van der Waals surface area contributed by atoms with Gasteiger partial charge in [0, 0.05) is 35.8 Å². The number of hydrogen-bond donors (Lipinski definition) is 3. The number of hydrogen-bond acceptors (Lipinski definition) is 3. The third kappa shape index (κ3) is 7.04. The van der Waals surface area contributed by atoms with E-state index in [1.807, 2.05) is 73.8 Å². The van der Waals surface area contributed by atoms with Crippen LogP contribution in [0.4, 0.5) is 11.4 Å². The highest BCUT2D eigenvalue weighted by atomic mass is 32.1. The first-order valence-corrected chi connectivity index (χ1v) is 10.5. The van der Waals surface area contributed by atoms with Crippen LogP contribution in [0.15, 0.2) is 79.1 Å². The summed E-state index contributed by atoms with van der Waals surface area (Å²) in [5, 5.41) is 15.8. The molecule has 6 heteroatoms. The van der Waals surface area contributed by atoms with Gasteiger partial charge < -0.3 is 15.7 Å². The molecule has 31 heavy (non-hydrogen) atoms. The van der Waals surface area contributed by atoms with Crippen LogP contribution in [0.5, 0.6) is 0 Å². The topological polar surface area (TPSA) is 74.2 Å². The van der Waals surface area contributed by atoms with Crippen molar-refractivity contribution in [2.24, 2.45) is 0 Å². The Bertz CT molecular complexity index is 1060. The highest BCUT2D eigenvalue weighted by Gasteiger charge is 2.08. The fourth-order valence-corrected chi connectivity index (χ4v) is 3.35. The Morgan fingerprint density at radius 3 is 2.48 bits per heavy atom. The number of anilines is 2. The number of carboxylic acids is 1. The summed E-state index contributed by atoms with van der Waals surface area (Å²) in [4.78, 5) is 15.1. The zero-order chi connectivity index (χ0) is 22.1. The zero-order valence-electron chi connectivity index (χ0n) is 17.3. The molecule has 0 unspecified atom stereocenters. The van der Waals surface area contributed by atoms with Gasteiger partial charge in [-0.1, -0.05) is 42.0 Å². The van der Waals surface area contributed by atoms with Gasteiger partial charge in [0.2, 0.25) is 0 Å². The second-order valence-corrected chi connectivity index (χ2v) is 7.58. The van der Waals surface area contributed by atoms with Gasteiger partial charge in [-0.05, 0) is 73.5 Å². The van der Waals surface area contributed by atoms with Crippen LogP contribution in [0.1, 0.15) is 36.0 Å². The maximum Gasteiger partial charge on any atom is 0.303 e. The van der Waals surface area contributed by atoms with Gasteiger partial charge in [0.1, 0.15) is 0 Å². The molecule has 0 aliphatic heterocycles. The molecule has 0 spiro atoms. The van der Waals surface area contributed by atoms with Crippen LogP contribution >= 0.6 is 12.2 Å². The molecule has 1 aromatic heterocycles. The van der Waals surface area contributed by atoms with Gasteiger partial charge in [0.15, 0.2) is 5.11 Å². The van der Waals surface area contributed by atoms with Crippen molar-refractivity contribution in [2.75, 3.05) is 10.6 Å². The quantitative estimate of drug-likeness (QED) is 0.305. The third-order valence-corrected chi connectivity index (χ3v) is 4.86. The zero-order valence-corrected chi connectivity index (χ0v) is 18.2. The Hall–Kier alpha value is -3.51. The van der Waals surface area contributed by atoms with Crippen molar-refractivity contribution in [1.82, 2.24) is 4.98 Å². The van der Waals surface area contributed by atoms with Crippen LogP contribution in [0.2, 0.25) is 0 Å². The maximum absolute atomic E-state index is 10.8. The molecule has 0 atom stereocenters. The molecular formula is C25H25N3O2S. The molecule has 0 saturated carbocycles. The second-order valence-electron chi connectivity index (χ2n) is 7.17. The Balaban J connectivity index is 1.76. The Morgan fingerprint density at radius 2 is 1.77 bits per heavy atom. The SMILES string of the molecule is Cc1ccc(NC(=S)Nc2cccc(C(=CCCCC(=O)O)c3cccnc3)c2)cc1. The predicted octanol–water partition coefficient (Wildman–Crippen LogP) is 5.89. The number of unbranched alkanes of at least 4 members (excludes halogenated alkanes) is 1. The minimum Gasteiger partial charge on any atom is -0.481 e. The van der Waals surface area contributed by atoms with Crippen molar-refractivity contribution in [1.29, 1.82) is 0 Å². The van der Waals surface area contributed by atoms with E-state index in [1.54, 1.807) is 6.20 Å². The lowest BCUT2D eigenvalue weighted by Gasteiger charge is -2.13. The van der Waals surface area contributed by atoms with E-state index in [0.29, 0.717) is 18.0 Å². The monoisotopic (exact) mass is 431 g/mol. The summed E-state index contributed by atoms with van der Waals surface area (Å²) >= 11 is 5.46. The van der Waals surface area contributed by atoms with Crippen molar-refractivity contribution < 1.29 is 9.90 Å². The first-order valence-electron chi connectivity index (χ1n) is 10.1. The first kappa shape index (κ1) is 22.2. The largest absolute Gasteiger partial charge is 0.481 e. The number of nitrogens with one attached hydrogen (secondary N) is 2. The molecule has 158 valence electrons. The summed E-state index contributed by atoms with van der Waals surface area (Å²) in [5.74, 6) is -0.780. The molecule has 0 amide bonds. The number of carbonyl (C=O) groups is 1. The van der Waals surface area contributed by atoms with Gasteiger partial charge in [0.25, 0.3) is 0 Å². The van der Waals surface area contributed by atoms with Crippen molar-refractivity contribution in [3.8, 4) is 0 Å². The average Bonchev–Trinajstić information content (AvgIpc) is 2.76. The van der Waals surface area contributed by atoms with E-state index >= 15 is 0 Å². The fraction of sp³-hybridized carbons (Fsp3) is 0.160. The van der Waals surface area contributed by atoms with Gasteiger partial charge in [-0.15, -0.1) is 0 Å². The highest BCUT2D eigenvalue weighted by Crippen LogP contribution is 2.26. The number of carboxylic acid groups (broad SMARTS) is 1. The third-order valence-electron chi connectivity index (χ3n) is 4.66. The molecule has 2 aromatic carbocycles. The predicted molar refractivity (Wildman–Crippen MR) is 130 cm³/mol. The number of nitrogens with zero attached hydrogens (tertiary/aromatic N) is 1. The standard InChI is InChI=1S/C25H25N3O2S/c1-18-11-13-21(14-12-18)27-25(31)28-22-8-4-6-19(16-22)23(9-2-3-10-24(29)30)20-7-5-15-26-17-20/h4-9,11-17H,2-3,10H2,1H3,(H,29,30)(H2,27,28,31). The number of thiocarbonyl (C=S) groups is 1. The number of rotatable bonds is 8. The second kappa shape index (κ2) is 11.0. The summed E-state index contributed by atoms with van der Waals surface area (Å²) in [6.07, 6.45) is 7.02. The molecular weight excluding hydrogens is 406 g/mol. The molecule has 5 nitrogen and oxygen atoms in total. The summed E-state index contributed by atoms with van der Waals surface area (Å²) < 4.78 is 0. The lowest BCUT2D eigenvalue weighted by molar-refractivity contribution is -0.137. The van der Waals surface area contributed by atoms with Crippen LogP contribution in [-0.2, 0) is 4.79 Å². The van der Waals surface area contributed by atoms with Crippen LogP contribution in [-0.4, -0.2) is 21.2 Å². The summed E-state index contributed by atoms with van der Waals surface area (Å²) in [7, 11) is 0. The van der Waals surface area contributed by atoms with Crippen LogP contribution in [0, 0.1) is 6.92 Å². The Labute approximate surface area is 187 Å². The highest BCUT2D eigenvalue weighted by molar-refractivity contribution is 7.80. The molecule has 0 saturated heterocycles. The number of benzene rings is 2. The molecule has 0 aliphatic carbocycles. The van der Waals surface area contributed by atoms with Crippen LogP contribution in [0.3, 0.4) is 0 Å². The van der Waals surface area contributed by atoms with E-state index in [9.17, 15) is 4.79 Å². The van der Waals surface area contributed by atoms with Gasteiger partial charge in [-0.3, -0.25) is 9.78 Å². The molecule has 0 bridgehead atoms. The molecule has 3 aromatic rings. The van der Waals surface area contributed by atoms with E-state index in [-0.39, 0.29) is 6.42 Å². The average molecular weight is 432 g/mol. The van der Waals surface area contributed by atoms with Crippen LogP contribution in [0.25, 0.3) is 5.57 Å². The van der Waals surface area contributed by atoms with E-state index in [0.717, 1.165) is 28.1 Å². The Morgan fingerprint density at radius 1 is 1.03 bits per heavy atom. The first-order chi connectivity index (χ1) is 15.0. The minimum atomic E-state index is -0.780. The van der Waals surface area contributed by atoms with E-state index in [2.05, 4.69) is 21.7 Å². The molecule has 3 N–H and O–H groups in total. The molecule has 0 radical (unpaired) electrons. The van der Waals surface area contributed by atoms with Crippen LogP contribution < -0.4 is 10.6 Å². The number of allylic oxidation sites excluding steroid dienone is 1. The molecule has 1 heterocycles. The van der Waals surface area contributed by atoms with Gasteiger partial charge in [-0.2, -0.15) is 0 Å². The number of pyridine rings is 1. The van der Waals surface area contributed by atoms with Gasteiger partial charge in [-0.25, -0.2) is 0 Å². The van der Waals surface area contributed by atoms with Crippen molar-refractivity contribution in [2.45, 2.75) is 26.2 Å². The minimum absolute atomic E-state index is 0.150. The lowest BCUT2D eigenvalue weighted by Crippen LogP contribution is -2.19. The lowest BCUT2D eigenvalue weighted by atomic mass is 9.97. The number of aryl methyl sites for hydroxylation is 1. The molecule has 0 fully saturated rings. The van der Waals surface area contributed by atoms with E-state index in [4.69, 9.17) is 17.3 Å². The van der Waals surface area contributed by atoms with E-state index < -0.39 is 5.97 Å². The fourth-order valence-electron chi connectivity index (χ4n) is 3.12. The summed E-state index contributed by atoms with van der Waals surface area (Å²) in [6, 6.07) is 19.9. The maximum atomic E-state index is 10.8. The van der Waals surface area contributed by atoms with Gasteiger partial charge >= 0.3 is 5.97 Å². The summed E-state index contributed by atoms with van der Waals surface area (Å²) in [6.45, 7) is 2.04. The molecule has 3 rings (SSSR count). The van der Waals surface area contributed by atoms with E-state index in [1.165, 1.54) is 5.56 Å².